The Morgan fingerprint density at radius 2 is 2.09 bits per heavy atom. The van der Waals surface area contributed by atoms with Gasteiger partial charge in [0.2, 0.25) is 0 Å². The fraction of sp³-hybridized carbons (Fsp3) is 0.667. The van der Waals surface area contributed by atoms with Crippen LogP contribution >= 0.6 is 0 Å². The number of hydrogen-bond acceptors (Lipinski definition) is 2. The van der Waals surface area contributed by atoms with E-state index in [2.05, 4.69) is 0 Å². The Morgan fingerprint density at radius 3 is 2.55 bits per heavy atom. The molecule has 11 heavy (non-hydrogen) atoms. The molecule has 0 aliphatic rings. The van der Waals surface area contributed by atoms with Gasteiger partial charge in [-0.05, 0) is 26.8 Å². The van der Waals surface area contributed by atoms with Crippen LogP contribution in [0.4, 0.5) is 0 Å². The average Bonchev–Trinajstić information content (AvgIpc) is 1.86. The van der Waals surface area contributed by atoms with Gasteiger partial charge in [-0.25, -0.2) is 0 Å². The Balaban J connectivity index is 3.46. The topological polar surface area (TPSA) is 26.3 Å². The van der Waals surface area contributed by atoms with Crippen LogP contribution in [0.2, 0.25) is 0 Å². The van der Waals surface area contributed by atoms with Crippen LogP contribution in [0.5, 0.6) is 0 Å². The smallest absolute Gasteiger partial charge is 0.157 e. The Labute approximate surface area is 68.2 Å². The average molecular weight is 156 g/mol. The summed E-state index contributed by atoms with van der Waals surface area (Å²) in [5, 5.41) is 0. The highest BCUT2D eigenvalue weighted by molar-refractivity contribution is 5.90. The first-order valence-electron chi connectivity index (χ1n) is 3.92. The van der Waals surface area contributed by atoms with Crippen molar-refractivity contribution in [3.8, 4) is 0 Å². The van der Waals surface area contributed by atoms with Crippen molar-refractivity contribution in [3.05, 3.63) is 11.6 Å². The largest absolute Gasteiger partial charge is 0.381 e. The summed E-state index contributed by atoms with van der Waals surface area (Å²) >= 11 is 0. The molecule has 0 aliphatic heterocycles. The van der Waals surface area contributed by atoms with Crippen molar-refractivity contribution < 1.29 is 9.53 Å². The van der Waals surface area contributed by atoms with Gasteiger partial charge in [0.05, 0.1) is 6.61 Å². The molecular formula is C9H16O2. The summed E-state index contributed by atoms with van der Waals surface area (Å²) in [6, 6.07) is 0. The molecule has 0 spiro atoms. The molecular weight excluding hydrogens is 140 g/mol. The normalized spacial score (nSPS) is 9.36. The molecule has 0 heterocycles. The summed E-state index contributed by atoms with van der Waals surface area (Å²) in [4.78, 5) is 11.0. The van der Waals surface area contributed by atoms with Gasteiger partial charge in [-0.15, -0.1) is 0 Å². The van der Waals surface area contributed by atoms with E-state index in [-0.39, 0.29) is 5.78 Å². The number of rotatable bonds is 5. The molecule has 0 amide bonds. The predicted octanol–water partition coefficient (Wildman–Crippen LogP) is 1.95. The van der Waals surface area contributed by atoms with E-state index in [1.165, 1.54) is 0 Å². The van der Waals surface area contributed by atoms with Gasteiger partial charge < -0.3 is 4.74 Å². The number of allylic oxidation sites excluding steroid dienone is 2. The zero-order valence-corrected chi connectivity index (χ0v) is 7.52. The third kappa shape index (κ3) is 7.26. The number of carbonyl (C=O) groups excluding carboxylic acids is 1. The van der Waals surface area contributed by atoms with Gasteiger partial charge in [-0.1, -0.05) is 5.57 Å². The molecule has 0 fully saturated rings. The van der Waals surface area contributed by atoms with Crippen LogP contribution in [0.15, 0.2) is 11.6 Å². The highest BCUT2D eigenvalue weighted by Gasteiger charge is 1.95. The monoisotopic (exact) mass is 156 g/mol. The maximum Gasteiger partial charge on any atom is 0.157 e. The minimum atomic E-state index is 0.151. The minimum absolute atomic E-state index is 0.151. The first kappa shape index (κ1) is 10.4. The highest BCUT2D eigenvalue weighted by atomic mass is 16.5. The first-order valence-corrected chi connectivity index (χ1v) is 3.92. The van der Waals surface area contributed by atoms with Gasteiger partial charge in [-0.3, -0.25) is 4.79 Å². The van der Waals surface area contributed by atoms with Gasteiger partial charge in [0, 0.05) is 13.0 Å². The van der Waals surface area contributed by atoms with Crippen LogP contribution in [-0.4, -0.2) is 19.0 Å². The molecule has 0 unspecified atom stereocenters. The zero-order chi connectivity index (χ0) is 8.69. The van der Waals surface area contributed by atoms with Crippen molar-refractivity contribution in [2.24, 2.45) is 0 Å². The van der Waals surface area contributed by atoms with Gasteiger partial charge in [0.15, 0.2) is 5.78 Å². The third-order valence-electron chi connectivity index (χ3n) is 1.15. The quantitative estimate of drug-likeness (QED) is 0.449. The Kier molecular flexibility index (Phi) is 5.75. The summed E-state index contributed by atoms with van der Waals surface area (Å²) in [6.07, 6.45) is 2.15. The summed E-state index contributed by atoms with van der Waals surface area (Å²) < 4.78 is 5.04. The number of carbonyl (C=O) groups is 1. The summed E-state index contributed by atoms with van der Waals surface area (Å²) in [7, 11) is 0. The molecule has 2 heteroatoms. The van der Waals surface area contributed by atoms with Crippen molar-refractivity contribution in [2.45, 2.75) is 27.2 Å². The molecule has 0 N–H and O–H groups in total. The number of ketones is 1. The van der Waals surface area contributed by atoms with Gasteiger partial charge in [0.1, 0.15) is 0 Å². The van der Waals surface area contributed by atoms with Gasteiger partial charge >= 0.3 is 0 Å². The fourth-order valence-corrected chi connectivity index (χ4v) is 0.711. The Morgan fingerprint density at radius 1 is 1.45 bits per heavy atom. The van der Waals surface area contributed by atoms with Crippen LogP contribution in [0, 0.1) is 0 Å². The van der Waals surface area contributed by atoms with Gasteiger partial charge in [-0.2, -0.15) is 0 Å². The summed E-state index contributed by atoms with van der Waals surface area (Å²) in [5.41, 5.74) is 1.05. The molecule has 0 aromatic rings. The molecule has 0 aliphatic carbocycles. The standard InChI is InChI=1S/C9H16O2/c1-4-11-6-5-9(10)7-8(2)3/h7H,4-6H2,1-3H3. The second-order valence-electron chi connectivity index (χ2n) is 2.63. The third-order valence-corrected chi connectivity index (χ3v) is 1.15. The van der Waals surface area contributed by atoms with Crippen LogP contribution in [0.25, 0.3) is 0 Å². The summed E-state index contributed by atoms with van der Waals surface area (Å²) in [6.45, 7) is 6.98. The molecule has 0 atom stereocenters. The minimum Gasteiger partial charge on any atom is -0.381 e. The Bertz CT molecular complexity index is 144. The van der Waals surface area contributed by atoms with Crippen LogP contribution in [0.1, 0.15) is 27.2 Å². The second kappa shape index (κ2) is 6.10. The summed E-state index contributed by atoms with van der Waals surface area (Å²) in [5.74, 6) is 0.151. The van der Waals surface area contributed by atoms with E-state index >= 15 is 0 Å². The molecule has 2 nitrogen and oxygen atoms in total. The fourth-order valence-electron chi connectivity index (χ4n) is 0.711. The van der Waals surface area contributed by atoms with E-state index in [1.54, 1.807) is 6.08 Å². The Hall–Kier alpha value is -0.630. The lowest BCUT2D eigenvalue weighted by Gasteiger charge is -1.96. The lowest BCUT2D eigenvalue weighted by Crippen LogP contribution is -2.01. The van der Waals surface area contributed by atoms with Crippen molar-refractivity contribution in [1.29, 1.82) is 0 Å². The number of hydrogen-bond donors (Lipinski definition) is 0. The van der Waals surface area contributed by atoms with Crippen LogP contribution < -0.4 is 0 Å². The van der Waals surface area contributed by atoms with E-state index in [0.29, 0.717) is 19.6 Å². The van der Waals surface area contributed by atoms with E-state index in [0.717, 1.165) is 5.57 Å². The number of ether oxygens (including phenoxy) is 1. The molecule has 0 saturated carbocycles. The first-order chi connectivity index (χ1) is 5.16. The molecule has 0 aromatic heterocycles. The van der Waals surface area contributed by atoms with E-state index < -0.39 is 0 Å². The van der Waals surface area contributed by atoms with Gasteiger partial charge in [0.25, 0.3) is 0 Å². The maximum atomic E-state index is 11.0. The van der Waals surface area contributed by atoms with Crippen LogP contribution in [-0.2, 0) is 9.53 Å². The van der Waals surface area contributed by atoms with E-state index in [9.17, 15) is 4.79 Å². The molecule has 0 bridgehead atoms. The van der Waals surface area contributed by atoms with Crippen molar-refractivity contribution in [1.82, 2.24) is 0 Å². The maximum absolute atomic E-state index is 11.0. The lowest BCUT2D eigenvalue weighted by molar-refractivity contribution is -0.115. The van der Waals surface area contributed by atoms with E-state index in [4.69, 9.17) is 4.74 Å². The second-order valence-corrected chi connectivity index (χ2v) is 2.63. The highest BCUT2D eigenvalue weighted by Crippen LogP contribution is 1.93. The SMILES string of the molecule is CCOCCC(=O)C=C(C)C. The predicted molar refractivity (Wildman–Crippen MR) is 45.5 cm³/mol. The molecule has 64 valence electrons. The van der Waals surface area contributed by atoms with E-state index in [1.807, 2.05) is 20.8 Å². The molecule has 0 rings (SSSR count). The molecule has 0 radical (unpaired) electrons. The lowest BCUT2D eigenvalue weighted by atomic mass is 10.2. The molecule has 0 saturated heterocycles. The van der Waals surface area contributed by atoms with Crippen molar-refractivity contribution in [3.63, 3.8) is 0 Å². The van der Waals surface area contributed by atoms with Crippen molar-refractivity contribution in [2.75, 3.05) is 13.2 Å². The molecule has 0 aromatic carbocycles. The zero-order valence-electron chi connectivity index (χ0n) is 7.52. The van der Waals surface area contributed by atoms with Crippen LogP contribution in [0.3, 0.4) is 0 Å². The van der Waals surface area contributed by atoms with Crippen molar-refractivity contribution >= 4 is 5.78 Å².